The number of esters is 1. The average Bonchev–Trinajstić information content (AvgIpc) is 2.38. The van der Waals surface area contributed by atoms with Gasteiger partial charge in [-0.25, -0.2) is 20.4 Å². The summed E-state index contributed by atoms with van der Waals surface area (Å²) < 4.78 is 15.3. The molecule has 0 saturated carbocycles. The van der Waals surface area contributed by atoms with E-state index in [4.69, 9.17) is 14.2 Å². The Labute approximate surface area is 165 Å². The summed E-state index contributed by atoms with van der Waals surface area (Å²) in [6.07, 6.45) is -1.64. The molecule has 162 valence electrons. The van der Waals surface area contributed by atoms with Gasteiger partial charge in [-0.3, -0.25) is 15.5 Å². The Morgan fingerprint density at radius 2 is 1.21 bits per heavy atom. The molecule has 11 nitrogen and oxygen atoms in total. The van der Waals surface area contributed by atoms with Gasteiger partial charge < -0.3 is 14.2 Å². The van der Waals surface area contributed by atoms with Crippen molar-refractivity contribution >= 4 is 24.1 Å². The molecular formula is C17H33N5O6. The number of nitrogens with one attached hydrogen (secondary N) is 4. The molecule has 2 amide bonds. The molecule has 0 spiro atoms. The highest BCUT2D eigenvalue weighted by molar-refractivity contribution is 5.94. The quantitative estimate of drug-likeness (QED) is 0.183. The molecule has 28 heavy (non-hydrogen) atoms. The predicted molar refractivity (Wildman–Crippen MR) is 103 cm³/mol. The van der Waals surface area contributed by atoms with Crippen LogP contribution in [0.5, 0.6) is 0 Å². The van der Waals surface area contributed by atoms with E-state index in [0.29, 0.717) is 0 Å². The fourth-order valence-corrected chi connectivity index (χ4v) is 1.47. The van der Waals surface area contributed by atoms with Gasteiger partial charge in [-0.1, -0.05) is 0 Å². The van der Waals surface area contributed by atoms with Crippen molar-refractivity contribution < 1.29 is 28.6 Å². The second-order valence-corrected chi connectivity index (χ2v) is 8.77. The van der Waals surface area contributed by atoms with Crippen LogP contribution in [0.2, 0.25) is 0 Å². The molecule has 0 rings (SSSR count). The van der Waals surface area contributed by atoms with Crippen molar-refractivity contribution in [3.8, 4) is 0 Å². The summed E-state index contributed by atoms with van der Waals surface area (Å²) in [6.45, 7) is 15.1. The van der Waals surface area contributed by atoms with Crippen LogP contribution in [0, 0.1) is 0 Å². The Morgan fingerprint density at radius 3 is 1.68 bits per heavy atom. The second-order valence-electron chi connectivity index (χ2n) is 8.77. The third-order valence-electron chi connectivity index (χ3n) is 2.14. The number of alkyl carbamates (subject to hydrolysis) is 1. The van der Waals surface area contributed by atoms with Crippen LogP contribution >= 0.6 is 0 Å². The van der Waals surface area contributed by atoms with Crippen molar-refractivity contribution in [1.29, 1.82) is 0 Å². The first kappa shape index (κ1) is 25.4. The third kappa shape index (κ3) is 15.7. The maximum absolute atomic E-state index is 11.9. The number of guanidine groups is 1. The van der Waals surface area contributed by atoms with E-state index in [1.807, 2.05) is 0 Å². The lowest BCUT2D eigenvalue weighted by Gasteiger charge is -2.21. The van der Waals surface area contributed by atoms with E-state index in [2.05, 4.69) is 26.7 Å². The van der Waals surface area contributed by atoms with Gasteiger partial charge in [0.25, 0.3) is 0 Å². The van der Waals surface area contributed by atoms with E-state index in [-0.39, 0.29) is 12.5 Å². The van der Waals surface area contributed by atoms with Crippen LogP contribution in [0.1, 0.15) is 62.3 Å². The van der Waals surface area contributed by atoms with Crippen molar-refractivity contribution in [3.05, 3.63) is 0 Å². The van der Waals surface area contributed by atoms with Gasteiger partial charge in [-0.15, -0.1) is 5.10 Å². The molecule has 0 aromatic carbocycles. The van der Waals surface area contributed by atoms with E-state index >= 15 is 0 Å². The standard InChI is InChI=1S/C17H33N5O6/c1-15(2,3)26-11(23)10-18-20-12(19-13(24)27-16(4,5)6)21-22-14(25)28-17(7,8)9/h18H,10H2,1-9H3,(H,22,25)(H2,19,20,21,24). The van der Waals surface area contributed by atoms with Gasteiger partial charge >= 0.3 is 18.2 Å². The normalized spacial score (nSPS) is 12.7. The van der Waals surface area contributed by atoms with E-state index in [1.165, 1.54) is 0 Å². The lowest BCUT2D eigenvalue weighted by atomic mass is 10.2. The summed E-state index contributed by atoms with van der Waals surface area (Å²) in [6, 6.07) is 0. The topological polar surface area (TPSA) is 139 Å². The number of carbonyl (C=O) groups is 3. The first-order valence-corrected chi connectivity index (χ1v) is 8.74. The van der Waals surface area contributed by atoms with Crippen molar-refractivity contribution in [2.45, 2.75) is 79.1 Å². The van der Waals surface area contributed by atoms with Crippen molar-refractivity contribution in [3.63, 3.8) is 0 Å². The number of ether oxygens (including phenoxy) is 3. The zero-order valence-electron chi connectivity index (χ0n) is 18.1. The Balaban J connectivity index is 4.88. The van der Waals surface area contributed by atoms with E-state index in [1.54, 1.807) is 62.3 Å². The Kier molecular flexibility index (Phi) is 9.19. The monoisotopic (exact) mass is 403 g/mol. The van der Waals surface area contributed by atoms with Gasteiger partial charge in [-0.05, 0) is 62.3 Å². The first-order valence-electron chi connectivity index (χ1n) is 8.74. The maximum Gasteiger partial charge on any atom is 0.428 e. The maximum atomic E-state index is 11.9. The van der Waals surface area contributed by atoms with Crippen LogP contribution in [-0.2, 0) is 19.0 Å². The second kappa shape index (κ2) is 10.1. The lowest BCUT2D eigenvalue weighted by Crippen LogP contribution is -2.51. The number of hydrogen-bond acceptors (Lipinski definition) is 8. The largest absolute Gasteiger partial charge is 0.459 e. The third-order valence-corrected chi connectivity index (χ3v) is 2.14. The molecule has 4 N–H and O–H groups in total. The number of hydrogen-bond donors (Lipinski definition) is 4. The SMILES string of the molecule is CC(C)(C)OC(=O)CNNC(=NNC(=O)OC(C)(C)C)NC(=O)OC(C)(C)C. The predicted octanol–water partition coefficient (Wildman–Crippen LogP) is 1.74. The van der Waals surface area contributed by atoms with Gasteiger partial charge in [0, 0.05) is 0 Å². The van der Waals surface area contributed by atoms with Crippen LogP contribution in [0.3, 0.4) is 0 Å². The average molecular weight is 403 g/mol. The van der Waals surface area contributed by atoms with Gasteiger partial charge in [0.2, 0.25) is 5.96 Å². The molecule has 0 aromatic heterocycles. The molecule has 0 aliphatic heterocycles. The van der Waals surface area contributed by atoms with Gasteiger partial charge in [0.05, 0.1) is 0 Å². The Hall–Kier alpha value is -2.56. The highest BCUT2D eigenvalue weighted by atomic mass is 16.6. The van der Waals surface area contributed by atoms with E-state index in [9.17, 15) is 14.4 Å². The number of hydrazone groups is 1. The fourth-order valence-electron chi connectivity index (χ4n) is 1.47. The molecule has 0 radical (unpaired) electrons. The van der Waals surface area contributed by atoms with Crippen LogP contribution in [0.15, 0.2) is 5.10 Å². The number of nitrogens with zero attached hydrogens (tertiary/aromatic N) is 1. The summed E-state index contributed by atoms with van der Waals surface area (Å²) >= 11 is 0. The smallest absolute Gasteiger partial charge is 0.428 e. The van der Waals surface area contributed by atoms with E-state index in [0.717, 1.165) is 0 Å². The van der Waals surface area contributed by atoms with Crippen LogP contribution in [-0.4, -0.2) is 47.5 Å². The summed E-state index contributed by atoms with van der Waals surface area (Å²) in [5.41, 5.74) is 5.04. The van der Waals surface area contributed by atoms with Crippen LogP contribution in [0.25, 0.3) is 0 Å². The fraction of sp³-hybridized carbons (Fsp3) is 0.765. The lowest BCUT2D eigenvalue weighted by molar-refractivity contribution is -0.153. The minimum absolute atomic E-state index is 0.219. The number of amides is 2. The number of rotatable bonds is 4. The zero-order valence-corrected chi connectivity index (χ0v) is 18.1. The molecule has 0 aliphatic carbocycles. The van der Waals surface area contributed by atoms with Crippen LogP contribution < -0.4 is 21.6 Å². The molecule has 0 aliphatic rings. The van der Waals surface area contributed by atoms with Crippen molar-refractivity contribution in [1.82, 2.24) is 21.6 Å². The summed E-state index contributed by atoms with van der Waals surface area (Å²) in [4.78, 5) is 35.3. The van der Waals surface area contributed by atoms with Gasteiger partial charge in [-0.2, -0.15) is 0 Å². The number of hydrazine groups is 1. The summed E-state index contributed by atoms with van der Waals surface area (Å²) in [5.74, 6) is -0.750. The molecule has 0 heterocycles. The Morgan fingerprint density at radius 1 is 0.750 bits per heavy atom. The van der Waals surface area contributed by atoms with E-state index < -0.39 is 35.0 Å². The summed E-state index contributed by atoms with van der Waals surface area (Å²) in [7, 11) is 0. The molecule has 0 bridgehead atoms. The molecule has 0 unspecified atom stereocenters. The van der Waals surface area contributed by atoms with Gasteiger partial charge in [0.1, 0.15) is 23.3 Å². The highest BCUT2D eigenvalue weighted by Crippen LogP contribution is 2.07. The number of carbonyl (C=O) groups excluding carboxylic acids is 3. The molecule has 0 saturated heterocycles. The van der Waals surface area contributed by atoms with Crippen molar-refractivity contribution in [2.75, 3.05) is 6.54 Å². The molecule has 0 aromatic rings. The molecule has 0 fully saturated rings. The molecular weight excluding hydrogens is 370 g/mol. The summed E-state index contributed by atoms with van der Waals surface area (Å²) in [5, 5.41) is 6.01. The zero-order chi connectivity index (χ0) is 22.2. The highest BCUT2D eigenvalue weighted by Gasteiger charge is 2.20. The molecule has 0 atom stereocenters. The minimum atomic E-state index is -0.829. The minimum Gasteiger partial charge on any atom is -0.459 e. The first-order chi connectivity index (χ1) is 12.5. The molecule has 11 heteroatoms. The van der Waals surface area contributed by atoms with Crippen LogP contribution in [0.4, 0.5) is 9.59 Å². The van der Waals surface area contributed by atoms with Gasteiger partial charge in [0.15, 0.2) is 0 Å². The Bertz CT molecular complexity index is 584. The van der Waals surface area contributed by atoms with Crippen molar-refractivity contribution in [2.24, 2.45) is 5.10 Å².